The van der Waals surface area contributed by atoms with Gasteiger partial charge >= 0.3 is 0 Å². The Morgan fingerprint density at radius 1 is 1.15 bits per heavy atom. The topological polar surface area (TPSA) is 119 Å². The number of carbonyl (C=O) groups is 1. The maximum atomic E-state index is 14.0. The Morgan fingerprint density at radius 3 is 2.49 bits per heavy atom. The Labute approximate surface area is 251 Å². The van der Waals surface area contributed by atoms with E-state index in [-0.39, 0.29) is 29.1 Å². The van der Waals surface area contributed by atoms with Gasteiger partial charge in [0.1, 0.15) is 28.9 Å². The van der Waals surface area contributed by atoms with Crippen LogP contribution in [0.5, 0.6) is 5.75 Å². The van der Waals surface area contributed by atoms with E-state index in [0.29, 0.717) is 72.7 Å². The number of carbonyl (C=O) groups excluding carboxylic acids is 1. The molecule has 2 aliphatic heterocycles. The Morgan fingerprint density at radius 2 is 1.83 bits per heavy atom. The predicted molar refractivity (Wildman–Crippen MR) is 165 cm³/mol. The third-order valence-electron chi connectivity index (χ3n) is 6.00. The number of ether oxygens (including phenoxy) is 2. The molecule has 0 radical (unpaired) electrons. The van der Waals surface area contributed by atoms with Crippen LogP contribution in [-0.2, 0) is 11.3 Å². The first-order valence-electron chi connectivity index (χ1n) is 13.6. The fourth-order valence-corrected chi connectivity index (χ4v) is 4.54. The molecule has 0 aromatic heterocycles. The number of benzene rings is 2. The highest BCUT2D eigenvalue weighted by atomic mass is 35.5. The van der Waals surface area contributed by atoms with Gasteiger partial charge in [0.15, 0.2) is 0 Å². The van der Waals surface area contributed by atoms with Crippen molar-refractivity contribution in [2.24, 2.45) is 21.5 Å². The van der Waals surface area contributed by atoms with Crippen molar-refractivity contribution in [2.45, 2.75) is 34.2 Å². The summed E-state index contributed by atoms with van der Waals surface area (Å²) in [7, 11) is 1.49. The summed E-state index contributed by atoms with van der Waals surface area (Å²) in [4.78, 5) is 25.2. The summed E-state index contributed by atoms with van der Waals surface area (Å²) >= 11 is 12.5. The van der Waals surface area contributed by atoms with E-state index in [1.54, 1.807) is 29.2 Å². The summed E-state index contributed by atoms with van der Waals surface area (Å²) in [5.41, 5.74) is 14.3. The van der Waals surface area contributed by atoms with Crippen LogP contribution in [0.4, 0.5) is 10.1 Å². The molecular formula is C29H39Cl2FN6O3. The summed E-state index contributed by atoms with van der Waals surface area (Å²) in [5.74, 6) is 0.104. The van der Waals surface area contributed by atoms with E-state index >= 15 is 0 Å². The molecule has 0 unspecified atom stereocenters. The molecule has 1 saturated heterocycles. The van der Waals surface area contributed by atoms with Crippen LogP contribution in [0, 0.1) is 5.82 Å². The normalized spacial score (nSPS) is 16.2. The summed E-state index contributed by atoms with van der Waals surface area (Å²) < 4.78 is 24.8. The van der Waals surface area contributed by atoms with Crippen LogP contribution in [0.2, 0.25) is 10.0 Å². The second kappa shape index (κ2) is 16.8. The molecule has 0 saturated carbocycles. The van der Waals surface area contributed by atoms with Crippen molar-refractivity contribution in [2.75, 3.05) is 46.5 Å². The molecule has 9 nitrogen and oxygen atoms in total. The quantitative estimate of drug-likeness (QED) is 0.257. The van der Waals surface area contributed by atoms with Gasteiger partial charge in [-0.3, -0.25) is 9.79 Å². The standard InChI is InChI=1S/C25H27Cl2FN6O3.2C2H6/c1-36-21-12-15(25(35)33-8-10-37-11-9-33)2-5-19(21)32-22(29)13-20-24(30)31-6-7-34(20)14-16-17(26)3-4-18(28)23(16)27;2*1-2/h2-5,12-13H,6-11,14H2,1H3,(H2,29,32)(H2,30,31);2*1-2H3/b20-13+;;. The first-order chi connectivity index (χ1) is 19.8. The lowest BCUT2D eigenvalue weighted by Crippen LogP contribution is -2.40. The minimum atomic E-state index is -0.561. The smallest absolute Gasteiger partial charge is 0.254 e. The molecule has 2 aromatic carbocycles. The van der Waals surface area contributed by atoms with Crippen LogP contribution in [0.1, 0.15) is 43.6 Å². The Kier molecular flexibility index (Phi) is 13.9. The van der Waals surface area contributed by atoms with Gasteiger partial charge in [-0.15, -0.1) is 0 Å². The molecular weight excluding hydrogens is 570 g/mol. The number of hydrogen-bond acceptors (Lipinski definition) is 7. The summed E-state index contributed by atoms with van der Waals surface area (Å²) in [6.07, 6.45) is 1.57. The van der Waals surface area contributed by atoms with Crippen LogP contribution in [-0.4, -0.2) is 73.9 Å². The van der Waals surface area contributed by atoms with Crippen molar-refractivity contribution in [1.82, 2.24) is 9.80 Å². The highest BCUT2D eigenvalue weighted by molar-refractivity contribution is 6.36. The number of nitrogens with two attached hydrogens (primary N) is 2. The van der Waals surface area contributed by atoms with Gasteiger partial charge in [-0.05, 0) is 30.3 Å². The van der Waals surface area contributed by atoms with Crippen LogP contribution in [0.15, 0.2) is 52.1 Å². The van der Waals surface area contributed by atoms with Gasteiger partial charge in [-0.1, -0.05) is 50.9 Å². The van der Waals surface area contributed by atoms with Crippen molar-refractivity contribution in [1.29, 1.82) is 0 Å². The maximum absolute atomic E-state index is 14.0. The summed E-state index contributed by atoms with van der Waals surface area (Å²) in [6.45, 7) is 11.2. The lowest BCUT2D eigenvalue weighted by Gasteiger charge is -2.30. The highest BCUT2D eigenvalue weighted by Crippen LogP contribution is 2.31. The predicted octanol–water partition coefficient (Wildman–Crippen LogP) is 5.41. The average Bonchev–Trinajstić information content (AvgIpc) is 3.01. The van der Waals surface area contributed by atoms with E-state index in [9.17, 15) is 9.18 Å². The second-order valence-corrected chi connectivity index (χ2v) is 9.15. The highest BCUT2D eigenvalue weighted by Gasteiger charge is 2.22. The zero-order valence-corrected chi connectivity index (χ0v) is 25.7. The molecule has 2 heterocycles. The molecule has 0 bridgehead atoms. The Bertz CT molecular complexity index is 1280. The SMILES string of the molecule is CC.CC.COc1cc(C(=O)N2CCOCC2)ccc1N=C(N)/C=C1\C(N)=NCCN1Cc1c(Cl)ccc(F)c1Cl. The minimum Gasteiger partial charge on any atom is -0.494 e. The van der Waals surface area contributed by atoms with E-state index in [1.807, 2.05) is 32.6 Å². The molecule has 2 aliphatic rings. The molecule has 0 atom stereocenters. The molecule has 2 aromatic rings. The van der Waals surface area contributed by atoms with Gasteiger partial charge in [0, 0.05) is 48.4 Å². The summed E-state index contributed by atoms with van der Waals surface area (Å²) in [5, 5.41) is 0.288. The first kappa shape index (κ1) is 33.9. The molecule has 1 amide bonds. The van der Waals surface area contributed by atoms with Crippen molar-refractivity contribution in [3.05, 3.63) is 69.1 Å². The number of halogens is 3. The van der Waals surface area contributed by atoms with Crippen molar-refractivity contribution >= 4 is 46.5 Å². The molecule has 0 spiro atoms. The van der Waals surface area contributed by atoms with Crippen LogP contribution in [0.3, 0.4) is 0 Å². The molecule has 4 rings (SSSR count). The number of amidine groups is 2. The van der Waals surface area contributed by atoms with Gasteiger partial charge in [0.2, 0.25) is 0 Å². The third kappa shape index (κ3) is 8.82. The molecule has 224 valence electrons. The molecule has 0 aliphatic carbocycles. The van der Waals surface area contributed by atoms with Crippen molar-refractivity contribution in [3.8, 4) is 5.75 Å². The number of amides is 1. The minimum absolute atomic E-state index is 0.0500. The zero-order chi connectivity index (χ0) is 30.5. The molecule has 4 N–H and O–H groups in total. The molecule has 1 fully saturated rings. The Hall–Kier alpha value is -3.34. The maximum Gasteiger partial charge on any atom is 0.254 e. The van der Waals surface area contributed by atoms with E-state index in [0.717, 1.165) is 0 Å². The second-order valence-electron chi connectivity index (χ2n) is 8.37. The largest absolute Gasteiger partial charge is 0.494 e. The fraction of sp³-hybridized carbons (Fsp3) is 0.414. The third-order valence-corrected chi connectivity index (χ3v) is 6.76. The summed E-state index contributed by atoms with van der Waals surface area (Å²) in [6, 6.07) is 7.65. The van der Waals surface area contributed by atoms with Crippen molar-refractivity contribution < 1.29 is 18.7 Å². The fourth-order valence-electron chi connectivity index (χ4n) is 4.05. The zero-order valence-electron chi connectivity index (χ0n) is 24.2. The van der Waals surface area contributed by atoms with E-state index in [4.69, 9.17) is 44.1 Å². The van der Waals surface area contributed by atoms with Crippen molar-refractivity contribution in [3.63, 3.8) is 0 Å². The van der Waals surface area contributed by atoms with Gasteiger partial charge in [-0.2, -0.15) is 0 Å². The number of hydrogen-bond donors (Lipinski definition) is 2. The van der Waals surface area contributed by atoms with E-state index in [2.05, 4.69) is 9.98 Å². The molecule has 41 heavy (non-hydrogen) atoms. The van der Waals surface area contributed by atoms with Gasteiger partial charge in [0.25, 0.3) is 5.91 Å². The number of aliphatic imine (C=N–C) groups is 2. The molecule has 12 heteroatoms. The van der Waals surface area contributed by atoms with Crippen LogP contribution >= 0.6 is 23.2 Å². The van der Waals surface area contributed by atoms with Gasteiger partial charge in [-0.25, -0.2) is 9.38 Å². The number of nitrogens with zero attached hydrogens (tertiary/aromatic N) is 4. The monoisotopic (exact) mass is 608 g/mol. The average molecular weight is 610 g/mol. The Balaban J connectivity index is 0.00000141. The lowest BCUT2D eigenvalue weighted by atomic mass is 10.1. The lowest BCUT2D eigenvalue weighted by molar-refractivity contribution is 0.0302. The number of rotatable bonds is 6. The van der Waals surface area contributed by atoms with Gasteiger partial charge in [0.05, 0.1) is 37.6 Å². The van der Waals surface area contributed by atoms with E-state index in [1.165, 1.54) is 19.2 Å². The number of morpholine rings is 1. The van der Waals surface area contributed by atoms with E-state index < -0.39 is 5.82 Å². The number of methoxy groups -OCH3 is 1. The van der Waals surface area contributed by atoms with Crippen LogP contribution in [0.25, 0.3) is 0 Å². The van der Waals surface area contributed by atoms with Crippen LogP contribution < -0.4 is 16.2 Å². The first-order valence-corrected chi connectivity index (χ1v) is 14.3. The van der Waals surface area contributed by atoms with Gasteiger partial charge < -0.3 is 30.7 Å².